The van der Waals surface area contributed by atoms with Crippen molar-refractivity contribution in [3.05, 3.63) is 71.8 Å². The Bertz CT molecular complexity index is 1500. The Kier molecular flexibility index (Phi) is 10.6. The van der Waals surface area contributed by atoms with Crippen molar-refractivity contribution in [2.75, 3.05) is 75.7 Å². The number of nitrogens with zero attached hydrogens (tertiary/aromatic N) is 4. The number of anilines is 3. The first-order chi connectivity index (χ1) is 21.8. The number of methoxy groups -OCH3 is 3. The number of halogens is 1. The minimum atomic E-state index is -0.747. The molecule has 10 nitrogen and oxygen atoms in total. The first-order valence-corrected chi connectivity index (χ1v) is 15.6. The number of carbonyl (C=O) groups excluding carboxylic acids is 2. The second-order valence-corrected chi connectivity index (χ2v) is 11.6. The Morgan fingerprint density at radius 2 is 1.49 bits per heavy atom. The number of hydrogen-bond donors (Lipinski definition) is 1. The summed E-state index contributed by atoms with van der Waals surface area (Å²) in [6.07, 6.45) is 0.732. The number of carbonyl (C=O) groups is 2. The van der Waals surface area contributed by atoms with Crippen LogP contribution in [0, 0.1) is 0 Å². The maximum Gasteiger partial charge on any atom is 0.256 e. The fourth-order valence-electron chi connectivity index (χ4n) is 5.67. The molecule has 3 aromatic carbocycles. The van der Waals surface area contributed by atoms with Crippen molar-refractivity contribution in [3.8, 4) is 17.2 Å². The van der Waals surface area contributed by atoms with E-state index in [1.807, 2.05) is 17.0 Å². The standard InChI is InChI=1S/C33H38ClN5O5S/c1-42-26-10-5-23(6-11-26)35-31(40)22-29-32(41)39(25-9-14-30(44-3)28(34)21-25)33(45)38(29)16-4-15-36-17-19-37(20-18-36)24-7-12-27(43-2)13-8-24/h5-14,21,29H,4,15-20,22H2,1-3H3,(H,35,40)/t29-/m1/s1. The van der Waals surface area contributed by atoms with Crippen molar-refractivity contribution in [2.24, 2.45) is 0 Å². The number of rotatable bonds is 12. The lowest BCUT2D eigenvalue weighted by molar-refractivity contribution is -0.124. The molecule has 0 aliphatic carbocycles. The zero-order valence-electron chi connectivity index (χ0n) is 25.7. The maximum atomic E-state index is 13.8. The summed E-state index contributed by atoms with van der Waals surface area (Å²) in [5.74, 6) is 1.49. The summed E-state index contributed by atoms with van der Waals surface area (Å²) >= 11 is 12.2. The predicted molar refractivity (Wildman–Crippen MR) is 181 cm³/mol. The molecule has 0 bridgehead atoms. The molecule has 0 unspecified atom stereocenters. The fraction of sp³-hybridized carbons (Fsp3) is 0.364. The summed E-state index contributed by atoms with van der Waals surface area (Å²) < 4.78 is 15.8. The lowest BCUT2D eigenvalue weighted by Crippen LogP contribution is -2.47. The zero-order chi connectivity index (χ0) is 31.9. The molecule has 238 valence electrons. The van der Waals surface area contributed by atoms with E-state index in [9.17, 15) is 9.59 Å². The average molecular weight is 652 g/mol. The van der Waals surface area contributed by atoms with E-state index in [1.54, 1.807) is 56.7 Å². The number of hydrogen-bond acceptors (Lipinski definition) is 8. The lowest BCUT2D eigenvalue weighted by atomic mass is 10.1. The molecular formula is C33H38ClN5O5S. The molecule has 3 aromatic rings. The van der Waals surface area contributed by atoms with Gasteiger partial charge in [-0.15, -0.1) is 0 Å². The highest BCUT2D eigenvalue weighted by Gasteiger charge is 2.44. The van der Waals surface area contributed by atoms with E-state index in [2.05, 4.69) is 27.2 Å². The SMILES string of the molecule is COc1ccc(NC(=O)C[C@@H]2C(=O)N(c3ccc(OC)c(Cl)c3)C(=S)N2CCCN2CCN(c3ccc(OC)cc3)CC2)cc1. The smallest absolute Gasteiger partial charge is 0.256 e. The Hall–Kier alpha value is -4.06. The van der Waals surface area contributed by atoms with Crippen molar-refractivity contribution in [1.82, 2.24) is 9.80 Å². The molecule has 0 radical (unpaired) electrons. The predicted octanol–water partition coefficient (Wildman–Crippen LogP) is 4.91. The highest BCUT2D eigenvalue weighted by molar-refractivity contribution is 7.80. The van der Waals surface area contributed by atoms with Gasteiger partial charge in [0.2, 0.25) is 5.91 Å². The van der Waals surface area contributed by atoms with Gasteiger partial charge in [-0.1, -0.05) is 11.6 Å². The highest BCUT2D eigenvalue weighted by atomic mass is 35.5. The van der Waals surface area contributed by atoms with Crippen LogP contribution in [0.5, 0.6) is 17.2 Å². The van der Waals surface area contributed by atoms with Crippen molar-refractivity contribution in [1.29, 1.82) is 0 Å². The van der Waals surface area contributed by atoms with E-state index < -0.39 is 6.04 Å². The third kappa shape index (κ3) is 7.61. The number of ether oxygens (including phenoxy) is 3. The van der Waals surface area contributed by atoms with E-state index in [0.717, 1.165) is 44.9 Å². The van der Waals surface area contributed by atoms with Gasteiger partial charge in [-0.05, 0) is 91.9 Å². The summed E-state index contributed by atoms with van der Waals surface area (Å²) in [6, 6.07) is 19.6. The summed E-state index contributed by atoms with van der Waals surface area (Å²) in [5, 5.41) is 3.62. The van der Waals surface area contributed by atoms with Crippen LogP contribution < -0.4 is 29.3 Å². The van der Waals surface area contributed by atoms with Crippen molar-refractivity contribution in [2.45, 2.75) is 18.9 Å². The number of amides is 2. The Balaban J connectivity index is 1.23. The van der Waals surface area contributed by atoms with Crippen molar-refractivity contribution >= 4 is 57.8 Å². The molecule has 2 amide bonds. The van der Waals surface area contributed by atoms with Gasteiger partial charge in [0.15, 0.2) is 5.11 Å². The minimum Gasteiger partial charge on any atom is -0.497 e. The van der Waals surface area contributed by atoms with E-state index >= 15 is 0 Å². The number of benzene rings is 3. The number of nitrogens with one attached hydrogen (secondary N) is 1. The third-order valence-corrected chi connectivity index (χ3v) is 8.86. The molecule has 12 heteroatoms. The van der Waals surface area contributed by atoms with Gasteiger partial charge in [0.05, 0.1) is 38.5 Å². The van der Waals surface area contributed by atoms with Crippen molar-refractivity contribution < 1.29 is 23.8 Å². The topological polar surface area (TPSA) is 86.8 Å². The number of piperazine rings is 1. The molecule has 1 atom stereocenters. The van der Waals surface area contributed by atoms with Crippen LogP contribution in [0.2, 0.25) is 5.02 Å². The van der Waals surface area contributed by atoms with Crippen LogP contribution in [0.25, 0.3) is 0 Å². The monoisotopic (exact) mass is 651 g/mol. The van der Waals surface area contributed by atoms with Crippen LogP contribution >= 0.6 is 23.8 Å². The van der Waals surface area contributed by atoms with Gasteiger partial charge < -0.3 is 29.3 Å². The lowest BCUT2D eigenvalue weighted by Gasteiger charge is -2.36. The summed E-state index contributed by atoms with van der Waals surface area (Å²) in [6.45, 7) is 5.09. The summed E-state index contributed by atoms with van der Waals surface area (Å²) in [4.78, 5) is 35.2. The van der Waals surface area contributed by atoms with Crippen molar-refractivity contribution in [3.63, 3.8) is 0 Å². The van der Waals surface area contributed by atoms with Gasteiger partial charge in [0.25, 0.3) is 5.91 Å². The van der Waals surface area contributed by atoms with Gasteiger partial charge in [0, 0.05) is 44.1 Å². The Labute approximate surface area is 274 Å². The molecule has 0 spiro atoms. The normalized spacial score (nSPS) is 17.1. The van der Waals surface area contributed by atoms with Gasteiger partial charge in [0.1, 0.15) is 23.3 Å². The molecule has 5 rings (SSSR count). The van der Waals surface area contributed by atoms with Crippen LogP contribution in [0.4, 0.5) is 17.1 Å². The van der Waals surface area contributed by atoms with E-state index in [1.165, 1.54) is 17.7 Å². The summed E-state index contributed by atoms with van der Waals surface area (Å²) in [5.41, 5.74) is 2.34. The molecule has 2 aliphatic heterocycles. The van der Waals surface area contributed by atoms with E-state index in [0.29, 0.717) is 39.6 Å². The second-order valence-electron chi connectivity index (χ2n) is 10.8. The average Bonchev–Trinajstić information content (AvgIpc) is 3.29. The minimum absolute atomic E-state index is 0.0497. The molecule has 1 N–H and O–H groups in total. The van der Waals surface area contributed by atoms with Gasteiger partial charge in [-0.25, -0.2) is 0 Å². The zero-order valence-corrected chi connectivity index (χ0v) is 27.3. The van der Waals surface area contributed by atoms with Gasteiger partial charge in [-0.2, -0.15) is 0 Å². The van der Waals surface area contributed by atoms with Gasteiger partial charge in [-0.3, -0.25) is 19.4 Å². The van der Waals surface area contributed by atoms with Crippen LogP contribution in [0.15, 0.2) is 66.7 Å². The van der Waals surface area contributed by atoms with Crippen LogP contribution in [-0.2, 0) is 9.59 Å². The molecule has 2 fully saturated rings. The largest absolute Gasteiger partial charge is 0.497 e. The molecule has 2 heterocycles. The first-order valence-electron chi connectivity index (χ1n) is 14.8. The van der Waals surface area contributed by atoms with Crippen LogP contribution in [-0.4, -0.2) is 93.4 Å². The molecule has 0 saturated carbocycles. The molecule has 45 heavy (non-hydrogen) atoms. The molecule has 0 aromatic heterocycles. The Morgan fingerprint density at radius 1 is 0.867 bits per heavy atom. The molecular weight excluding hydrogens is 614 g/mol. The highest BCUT2D eigenvalue weighted by Crippen LogP contribution is 2.33. The van der Waals surface area contributed by atoms with Crippen LogP contribution in [0.3, 0.4) is 0 Å². The third-order valence-electron chi connectivity index (χ3n) is 8.15. The first kappa shape index (κ1) is 32.3. The fourth-order valence-corrected chi connectivity index (χ4v) is 6.33. The molecule has 2 aliphatic rings. The second kappa shape index (κ2) is 14.8. The quantitative estimate of drug-likeness (QED) is 0.275. The van der Waals surface area contributed by atoms with E-state index in [4.69, 9.17) is 38.0 Å². The van der Waals surface area contributed by atoms with Gasteiger partial charge >= 0.3 is 0 Å². The summed E-state index contributed by atoms with van der Waals surface area (Å²) in [7, 11) is 4.79. The number of thiocarbonyl (C=S) groups is 1. The van der Waals surface area contributed by atoms with E-state index in [-0.39, 0.29) is 18.2 Å². The van der Waals surface area contributed by atoms with Crippen LogP contribution in [0.1, 0.15) is 12.8 Å². The Morgan fingerprint density at radius 3 is 2.09 bits per heavy atom. The maximum absolute atomic E-state index is 13.8. The molecule has 2 saturated heterocycles.